The number of benzene rings is 1. The molecule has 0 spiro atoms. The molecule has 0 radical (unpaired) electrons. The second kappa shape index (κ2) is 9.62. The molecule has 1 aromatic rings. The quantitative estimate of drug-likeness (QED) is 0.372. The highest BCUT2D eigenvalue weighted by atomic mass is 16.6. The van der Waals surface area contributed by atoms with Crippen LogP contribution in [0.25, 0.3) is 0 Å². The predicted molar refractivity (Wildman–Crippen MR) is 119 cm³/mol. The number of carbonyl (C=O) groups is 2. The summed E-state index contributed by atoms with van der Waals surface area (Å²) in [6, 6.07) is 9.74. The molecule has 0 saturated heterocycles. The molecule has 170 valence electrons. The van der Waals surface area contributed by atoms with Gasteiger partial charge in [-0.25, -0.2) is 4.79 Å². The average molecular weight is 428 g/mol. The van der Waals surface area contributed by atoms with Crippen molar-refractivity contribution in [1.29, 1.82) is 0 Å². The second-order valence-corrected chi connectivity index (χ2v) is 10.2. The van der Waals surface area contributed by atoms with E-state index in [0.717, 1.165) is 50.5 Å². The summed E-state index contributed by atoms with van der Waals surface area (Å²) >= 11 is 0. The standard InChI is InChI=1S/C26H37NO4/c1-2-3-4-5-9-12-23(28)31-26-16-21-13-22(17-26)15-25(14-21,19-26)27-24(29)30-18-20-10-7-6-8-11-20/h6-8,10-11,21-22H,2-5,9,12-19H2,1H3,(H,27,29). The minimum Gasteiger partial charge on any atom is -0.459 e. The number of esters is 1. The number of nitrogens with one attached hydrogen (secondary N) is 1. The Balaban J connectivity index is 1.32. The third kappa shape index (κ3) is 5.61. The van der Waals surface area contributed by atoms with Crippen LogP contribution in [-0.4, -0.2) is 23.2 Å². The molecule has 5 heteroatoms. The Bertz CT molecular complexity index is 748. The molecule has 4 aliphatic rings. The lowest BCUT2D eigenvalue weighted by Crippen LogP contribution is -2.66. The Morgan fingerprint density at radius 1 is 1.00 bits per heavy atom. The summed E-state index contributed by atoms with van der Waals surface area (Å²) in [6.45, 7) is 2.47. The zero-order chi connectivity index (χ0) is 21.7. The van der Waals surface area contributed by atoms with Crippen molar-refractivity contribution in [3.8, 4) is 0 Å². The lowest BCUT2D eigenvalue weighted by molar-refractivity contribution is -0.191. The predicted octanol–water partition coefficient (Wildman–Crippen LogP) is 5.91. The second-order valence-electron chi connectivity index (χ2n) is 10.2. The Morgan fingerprint density at radius 3 is 2.42 bits per heavy atom. The van der Waals surface area contributed by atoms with Crippen LogP contribution in [0.15, 0.2) is 30.3 Å². The maximum atomic E-state index is 12.6. The maximum absolute atomic E-state index is 12.6. The van der Waals surface area contributed by atoms with Gasteiger partial charge in [-0.1, -0.05) is 62.9 Å². The molecule has 4 fully saturated rings. The van der Waals surface area contributed by atoms with Gasteiger partial charge < -0.3 is 14.8 Å². The largest absolute Gasteiger partial charge is 0.459 e. The van der Waals surface area contributed by atoms with Gasteiger partial charge >= 0.3 is 12.1 Å². The van der Waals surface area contributed by atoms with Crippen molar-refractivity contribution >= 4 is 12.1 Å². The Morgan fingerprint density at radius 2 is 1.71 bits per heavy atom. The minimum atomic E-state index is -0.392. The van der Waals surface area contributed by atoms with E-state index in [9.17, 15) is 9.59 Å². The third-order valence-corrected chi connectivity index (χ3v) is 7.40. The number of ether oxygens (including phenoxy) is 2. The van der Waals surface area contributed by atoms with Gasteiger partial charge in [-0.3, -0.25) is 4.79 Å². The molecule has 1 N–H and O–H groups in total. The van der Waals surface area contributed by atoms with Crippen LogP contribution >= 0.6 is 0 Å². The summed E-state index contributed by atoms with van der Waals surface area (Å²) in [5, 5.41) is 3.21. The molecule has 31 heavy (non-hydrogen) atoms. The van der Waals surface area contributed by atoms with Gasteiger partial charge in [0.25, 0.3) is 0 Å². The van der Waals surface area contributed by atoms with Crippen molar-refractivity contribution < 1.29 is 19.1 Å². The van der Waals surface area contributed by atoms with Crippen LogP contribution in [0.2, 0.25) is 0 Å². The highest BCUT2D eigenvalue weighted by molar-refractivity contribution is 5.70. The first-order valence-electron chi connectivity index (χ1n) is 12.2. The van der Waals surface area contributed by atoms with Crippen molar-refractivity contribution in [3.63, 3.8) is 0 Å². The number of alkyl carbamates (subject to hydrolysis) is 1. The van der Waals surface area contributed by atoms with Crippen molar-refractivity contribution in [2.45, 2.75) is 102 Å². The monoisotopic (exact) mass is 427 g/mol. The molecule has 4 saturated carbocycles. The fourth-order valence-electron chi connectivity index (χ4n) is 6.59. The third-order valence-electron chi connectivity index (χ3n) is 7.40. The van der Waals surface area contributed by atoms with Gasteiger partial charge in [-0.05, 0) is 55.9 Å². The van der Waals surface area contributed by atoms with E-state index in [1.165, 1.54) is 25.7 Å². The molecule has 5 nitrogen and oxygen atoms in total. The smallest absolute Gasteiger partial charge is 0.407 e. The topological polar surface area (TPSA) is 64.6 Å². The highest BCUT2D eigenvalue weighted by Gasteiger charge is 2.60. The molecule has 4 aliphatic carbocycles. The van der Waals surface area contributed by atoms with E-state index in [1.54, 1.807) is 0 Å². The molecule has 0 aliphatic heterocycles. The summed E-state index contributed by atoms with van der Waals surface area (Å²) in [5.41, 5.74) is 0.295. The first kappa shape index (κ1) is 22.2. The first-order valence-corrected chi connectivity index (χ1v) is 12.2. The first-order chi connectivity index (χ1) is 15.0. The molecule has 2 atom stereocenters. The maximum Gasteiger partial charge on any atom is 0.407 e. The van der Waals surface area contributed by atoms with Gasteiger partial charge in [0.1, 0.15) is 12.2 Å². The summed E-state index contributed by atoms with van der Waals surface area (Å²) in [5.74, 6) is 0.987. The number of unbranched alkanes of at least 4 members (excludes halogenated alkanes) is 4. The van der Waals surface area contributed by atoms with Crippen LogP contribution in [0.3, 0.4) is 0 Å². The number of carbonyl (C=O) groups excluding carboxylic acids is 2. The zero-order valence-electron chi connectivity index (χ0n) is 18.9. The lowest BCUT2D eigenvalue weighted by Gasteiger charge is -2.61. The van der Waals surface area contributed by atoms with Crippen LogP contribution in [0.5, 0.6) is 0 Å². The molecular formula is C26H37NO4. The van der Waals surface area contributed by atoms with Crippen LogP contribution in [-0.2, 0) is 20.9 Å². The van der Waals surface area contributed by atoms with Gasteiger partial charge in [-0.15, -0.1) is 0 Å². The van der Waals surface area contributed by atoms with Crippen LogP contribution < -0.4 is 5.32 Å². The van der Waals surface area contributed by atoms with E-state index in [0.29, 0.717) is 18.3 Å². The number of hydrogen-bond acceptors (Lipinski definition) is 4. The van der Waals surface area contributed by atoms with Gasteiger partial charge in [0, 0.05) is 18.4 Å². The van der Waals surface area contributed by atoms with Crippen molar-refractivity contribution in [2.75, 3.05) is 0 Å². The van der Waals surface area contributed by atoms with E-state index in [-0.39, 0.29) is 24.2 Å². The minimum absolute atomic E-state index is 0.0553. The van der Waals surface area contributed by atoms with Crippen LogP contribution in [0, 0.1) is 11.8 Å². The lowest BCUT2D eigenvalue weighted by atomic mass is 9.51. The van der Waals surface area contributed by atoms with Crippen molar-refractivity contribution in [3.05, 3.63) is 35.9 Å². The Hall–Kier alpha value is -2.04. The van der Waals surface area contributed by atoms with E-state index in [1.807, 2.05) is 30.3 Å². The molecule has 1 aromatic carbocycles. The molecular weight excluding hydrogens is 390 g/mol. The summed E-state index contributed by atoms with van der Waals surface area (Å²) < 4.78 is 11.7. The van der Waals surface area contributed by atoms with Gasteiger partial charge in [0.2, 0.25) is 0 Å². The SMILES string of the molecule is CCCCCCCC(=O)OC12CC3CC(CC(NC(=O)OCc4ccccc4)(C3)C1)C2. The van der Waals surface area contributed by atoms with Crippen molar-refractivity contribution in [1.82, 2.24) is 5.32 Å². The molecule has 4 bridgehead atoms. The molecule has 2 unspecified atom stereocenters. The van der Waals surface area contributed by atoms with Gasteiger partial charge in [0.05, 0.1) is 0 Å². The number of rotatable bonds is 10. The summed E-state index contributed by atoms with van der Waals surface area (Å²) in [6.07, 6.45) is 11.6. The van der Waals surface area contributed by atoms with Gasteiger partial charge in [-0.2, -0.15) is 0 Å². The van der Waals surface area contributed by atoms with Crippen molar-refractivity contribution in [2.24, 2.45) is 11.8 Å². The van der Waals surface area contributed by atoms with Crippen LogP contribution in [0.1, 0.15) is 89.5 Å². The van der Waals surface area contributed by atoms with E-state index < -0.39 is 5.60 Å². The highest BCUT2D eigenvalue weighted by Crippen LogP contribution is 2.59. The number of amides is 1. The number of hydrogen-bond donors (Lipinski definition) is 1. The van der Waals surface area contributed by atoms with Crippen LogP contribution in [0.4, 0.5) is 4.79 Å². The van der Waals surface area contributed by atoms with E-state index in [2.05, 4.69) is 12.2 Å². The fraction of sp³-hybridized carbons (Fsp3) is 0.692. The molecule has 0 aromatic heterocycles. The molecule has 5 rings (SSSR count). The van der Waals surface area contributed by atoms with Gasteiger partial charge in [0.15, 0.2) is 0 Å². The molecule has 1 amide bonds. The Labute approximate surface area is 186 Å². The van der Waals surface area contributed by atoms with E-state index in [4.69, 9.17) is 9.47 Å². The zero-order valence-corrected chi connectivity index (χ0v) is 18.9. The normalized spacial score (nSPS) is 30.7. The average Bonchev–Trinajstić information content (AvgIpc) is 2.71. The fourth-order valence-corrected chi connectivity index (χ4v) is 6.59. The van der Waals surface area contributed by atoms with E-state index >= 15 is 0 Å². The molecule has 0 heterocycles. The summed E-state index contributed by atoms with van der Waals surface area (Å²) in [4.78, 5) is 25.2. The summed E-state index contributed by atoms with van der Waals surface area (Å²) in [7, 11) is 0. The Kier molecular flexibility index (Phi) is 6.88.